The first-order chi connectivity index (χ1) is 26.2. The molecule has 2 fully saturated rings. The fourth-order valence-corrected chi connectivity index (χ4v) is 8.01. The van der Waals surface area contributed by atoms with Crippen molar-refractivity contribution < 1.29 is 34.1 Å². The molecule has 286 valence electrons. The Balaban J connectivity index is 0.844. The van der Waals surface area contributed by atoms with Crippen LogP contribution in [0.5, 0.6) is 5.75 Å². The lowest BCUT2D eigenvalue weighted by Crippen LogP contribution is -2.45. The van der Waals surface area contributed by atoms with Crippen LogP contribution in [0.1, 0.15) is 79.7 Å². The summed E-state index contributed by atoms with van der Waals surface area (Å²) in [6.45, 7) is 3.99. The summed E-state index contributed by atoms with van der Waals surface area (Å²) in [4.78, 5) is 56.9. The maximum atomic E-state index is 13.2. The summed E-state index contributed by atoms with van der Waals surface area (Å²) < 4.78 is 5.88. The topological polar surface area (TPSA) is 128 Å². The molecule has 1 aliphatic carbocycles. The summed E-state index contributed by atoms with van der Waals surface area (Å²) in [5.41, 5.74) is 5.07. The molecule has 0 bridgehead atoms. The number of nitrogens with zero attached hydrogens (tertiary/aromatic N) is 3. The van der Waals surface area contributed by atoms with Crippen molar-refractivity contribution in [1.82, 2.24) is 14.7 Å². The number of ether oxygens (including phenoxy) is 1. The lowest BCUT2D eigenvalue weighted by molar-refractivity contribution is -0.150. The van der Waals surface area contributed by atoms with Crippen molar-refractivity contribution in [1.29, 1.82) is 0 Å². The number of aliphatic hydroxyl groups excluding tert-OH is 1. The number of esters is 1. The van der Waals surface area contributed by atoms with E-state index in [2.05, 4.69) is 4.90 Å². The van der Waals surface area contributed by atoms with Gasteiger partial charge in [0.05, 0.1) is 12.5 Å². The van der Waals surface area contributed by atoms with E-state index in [-0.39, 0.29) is 54.2 Å². The summed E-state index contributed by atoms with van der Waals surface area (Å²) in [6.07, 6.45) is 7.91. The third-order valence-electron chi connectivity index (χ3n) is 11.2. The van der Waals surface area contributed by atoms with E-state index in [1.54, 1.807) is 17.0 Å². The van der Waals surface area contributed by atoms with Crippen LogP contribution in [0.3, 0.4) is 0 Å². The standard InChI is InChI=1S/C44H53N3O7/c1-45(23-8-7-13-40(49)38-16-17-41(50)39-30-34(48)14-15-37(38)39)44(53)32-18-27-47(28-19-32)42(51)22-26-46-24-20-35(21-25-46)54-43(52)29-33-11-5-6-12-36(33)31-9-3-2-4-10-31/h2-6,9-12,14-17,32,35,40,49-50H,7-8,13,18-30H2,1H3/t40-/m0/s1. The van der Waals surface area contributed by atoms with Crippen LogP contribution in [0, 0.1) is 5.92 Å². The van der Waals surface area contributed by atoms with Crippen molar-refractivity contribution in [3.63, 3.8) is 0 Å². The monoisotopic (exact) mass is 735 g/mol. The van der Waals surface area contributed by atoms with Crippen molar-refractivity contribution in [2.24, 2.45) is 5.92 Å². The van der Waals surface area contributed by atoms with Gasteiger partial charge in [0.15, 0.2) is 5.78 Å². The molecule has 0 saturated carbocycles. The van der Waals surface area contributed by atoms with Gasteiger partial charge in [0.1, 0.15) is 11.9 Å². The number of aromatic hydroxyl groups is 1. The van der Waals surface area contributed by atoms with Gasteiger partial charge in [-0.25, -0.2) is 0 Å². The van der Waals surface area contributed by atoms with Gasteiger partial charge >= 0.3 is 5.97 Å². The van der Waals surface area contributed by atoms with Crippen LogP contribution in [0.2, 0.25) is 0 Å². The van der Waals surface area contributed by atoms with Crippen molar-refractivity contribution >= 4 is 29.6 Å². The van der Waals surface area contributed by atoms with Crippen LogP contribution in [-0.2, 0) is 36.8 Å². The Morgan fingerprint density at radius 2 is 1.61 bits per heavy atom. The minimum atomic E-state index is -0.726. The average Bonchev–Trinajstić information content (AvgIpc) is 3.19. The summed E-state index contributed by atoms with van der Waals surface area (Å²) in [5.74, 6) is -0.0861. The number of fused-ring (bicyclic) bond motifs is 1. The van der Waals surface area contributed by atoms with Gasteiger partial charge in [0, 0.05) is 70.6 Å². The number of phenols is 1. The molecule has 3 aromatic rings. The molecule has 0 radical (unpaired) electrons. The van der Waals surface area contributed by atoms with E-state index < -0.39 is 6.10 Å². The number of hydrogen-bond acceptors (Lipinski definition) is 8. The molecule has 10 nitrogen and oxygen atoms in total. The highest BCUT2D eigenvalue weighted by Crippen LogP contribution is 2.34. The van der Waals surface area contributed by atoms with Gasteiger partial charge in [0.25, 0.3) is 0 Å². The summed E-state index contributed by atoms with van der Waals surface area (Å²) >= 11 is 0. The summed E-state index contributed by atoms with van der Waals surface area (Å²) in [7, 11) is 1.82. The van der Waals surface area contributed by atoms with E-state index in [0.717, 1.165) is 61.0 Å². The molecule has 10 heteroatoms. The van der Waals surface area contributed by atoms with Crippen molar-refractivity contribution in [3.8, 4) is 16.9 Å². The average molecular weight is 736 g/mol. The van der Waals surface area contributed by atoms with Crippen LogP contribution >= 0.6 is 0 Å². The molecule has 0 unspecified atom stereocenters. The molecule has 6 rings (SSSR count). The fraction of sp³-hybridized carbons (Fsp3) is 0.455. The number of phenolic OH excluding ortho intramolecular Hbond substituents is 1. The zero-order valence-electron chi connectivity index (χ0n) is 31.3. The van der Waals surface area contributed by atoms with Crippen LogP contribution < -0.4 is 0 Å². The Hall–Kier alpha value is -4.80. The van der Waals surface area contributed by atoms with Gasteiger partial charge in [0.2, 0.25) is 11.8 Å². The van der Waals surface area contributed by atoms with Gasteiger partial charge in [-0.15, -0.1) is 0 Å². The number of carbonyl (C=O) groups excluding carboxylic acids is 4. The van der Waals surface area contributed by atoms with E-state index in [1.165, 1.54) is 12.1 Å². The van der Waals surface area contributed by atoms with Crippen LogP contribution in [0.4, 0.5) is 0 Å². The number of amides is 2. The zero-order valence-corrected chi connectivity index (χ0v) is 31.3. The third-order valence-corrected chi connectivity index (χ3v) is 11.2. The fourth-order valence-electron chi connectivity index (χ4n) is 8.01. The lowest BCUT2D eigenvalue weighted by atomic mass is 9.88. The molecule has 1 atom stereocenters. The molecule has 2 saturated heterocycles. The number of allylic oxidation sites excluding steroid dienone is 1. The first kappa shape index (κ1) is 38.9. The smallest absolute Gasteiger partial charge is 0.310 e. The van der Waals surface area contributed by atoms with E-state index in [9.17, 15) is 29.4 Å². The normalized spacial score (nSPS) is 17.2. The first-order valence-electron chi connectivity index (χ1n) is 19.5. The number of ketones is 1. The van der Waals surface area contributed by atoms with Gasteiger partial charge in [-0.2, -0.15) is 0 Å². The molecular weight excluding hydrogens is 682 g/mol. The van der Waals surface area contributed by atoms with E-state index in [1.807, 2.05) is 66.5 Å². The molecule has 3 aliphatic rings. The number of aliphatic hydroxyl groups is 1. The van der Waals surface area contributed by atoms with E-state index in [0.29, 0.717) is 63.0 Å². The number of rotatable bonds is 14. The van der Waals surface area contributed by atoms with Crippen molar-refractivity contribution in [3.05, 3.63) is 95.1 Å². The Bertz CT molecular complexity index is 1810. The number of unbranched alkanes of at least 4 members (excludes halogenated alkanes) is 1. The summed E-state index contributed by atoms with van der Waals surface area (Å²) in [5, 5.41) is 21.1. The minimum absolute atomic E-state index is 0.0697. The minimum Gasteiger partial charge on any atom is -0.508 e. The largest absolute Gasteiger partial charge is 0.508 e. The van der Waals surface area contributed by atoms with Crippen LogP contribution in [0.15, 0.2) is 72.8 Å². The molecule has 2 amide bonds. The lowest BCUT2D eigenvalue weighted by Gasteiger charge is -2.35. The van der Waals surface area contributed by atoms with E-state index >= 15 is 0 Å². The molecule has 0 aromatic heterocycles. The maximum Gasteiger partial charge on any atom is 0.310 e. The number of likely N-dealkylation sites (tertiary alicyclic amines) is 2. The van der Waals surface area contributed by atoms with Crippen LogP contribution in [0.25, 0.3) is 17.2 Å². The maximum absolute atomic E-state index is 13.2. The second-order valence-corrected chi connectivity index (χ2v) is 14.9. The van der Waals surface area contributed by atoms with Crippen molar-refractivity contribution in [2.45, 2.75) is 76.4 Å². The summed E-state index contributed by atoms with van der Waals surface area (Å²) in [6, 6.07) is 21.3. The Morgan fingerprint density at radius 1 is 0.889 bits per heavy atom. The molecule has 54 heavy (non-hydrogen) atoms. The number of benzene rings is 3. The quantitative estimate of drug-likeness (QED) is 0.159. The second-order valence-electron chi connectivity index (χ2n) is 14.9. The molecule has 3 aromatic carbocycles. The highest BCUT2D eigenvalue weighted by molar-refractivity contribution is 5.99. The molecule has 2 aliphatic heterocycles. The Morgan fingerprint density at radius 3 is 2.37 bits per heavy atom. The Labute approximate surface area is 318 Å². The van der Waals surface area contributed by atoms with Gasteiger partial charge in [-0.05, 0) is 84.9 Å². The highest BCUT2D eigenvalue weighted by atomic mass is 16.5. The predicted molar refractivity (Wildman–Crippen MR) is 207 cm³/mol. The van der Waals surface area contributed by atoms with E-state index in [4.69, 9.17) is 4.74 Å². The molecule has 0 spiro atoms. The number of carbonyl (C=O) groups is 4. The number of hydrogen-bond donors (Lipinski definition) is 2. The molecular formula is C44H53N3O7. The first-order valence-corrected chi connectivity index (χ1v) is 19.5. The van der Waals surface area contributed by atoms with Gasteiger partial charge in [-0.3, -0.25) is 19.2 Å². The number of piperidine rings is 2. The van der Waals surface area contributed by atoms with Gasteiger partial charge in [-0.1, -0.05) is 66.7 Å². The SMILES string of the molecule is CN(CCCC[C@H](O)c1ccc(O)c2c1C=CC(=O)C2)C(=O)C1CCN(C(=O)CCN2CCC(OC(=O)Cc3ccccc3-c3ccccc3)CC2)CC1. The predicted octanol–water partition coefficient (Wildman–Crippen LogP) is 5.74. The van der Waals surface area contributed by atoms with Crippen molar-refractivity contribution in [2.75, 3.05) is 46.3 Å². The Kier molecular flexibility index (Phi) is 13.3. The highest BCUT2D eigenvalue weighted by Gasteiger charge is 2.30. The molecule has 2 heterocycles. The van der Waals surface area contributed by atoms with Crippen LogP contribution in [-0.4, -0.2) is 101 Å². The zero-order chi connectivity index (χ0) is 38.0. The second kappa shape index (κ2) is 18.5. The van der Waals surface area contributed by atoms with Gasteiger partial charge < -0.3 is 29.6 Å². The molecule has 2 N–H and O–H groups in total. The third kappa shape index (κ3) is 10.0.